The zero-order chi connectivity index (χ0) is 23.2. The molecule has 3 aromatic rings. The van der Waals surface area contributed by atoms with Crippen LogP contribution >= 0.6 is 11.6 Å². The maximum absolute atomic E-state index is 12.7. The van der Waals surface area contributed by atoms with Gasteiger partial charge in [-0.05, 0) is 69.6 Å². The maximum atomic E-state index is 12.7. The van der Waals surface area contributed by atoms with Crippen molar-refractivity contribution in [3.05, 3.63) is 65.0 Å². The van der Waals surface area contributed by atoms with E-state index < -0.39 is 0 Å². The van der Waals surface area contributed by atoms with Gasteiger partial charge in [0.05, 0.1) is 17.7 Å². The summed E-state index contributed by atoms with van der Waals surface area (Å²) in [7, 11) is 0. The van der Waals surface area contributed by atoms with E-state index in [9.17, 15) is 4.79 Å². The van der Waals surface area contributed by atoms with Crippen molar-refractivity contribution in [1.82, 2.24) is 20.4 Å². The first kappa shape index (κ1) is 23.3. The van der Waals surface area contributed by atoms with Crippen molar-refractivity contribution in [2.45, 2.75) is 45.9 Å². The number of likely N-dealkylation sites (tertiary alicyclic amines) is 1. The Labute approximate surface area is 199 Å². The topological polar surface area (TPSA) is 80.5 Å². The van der Waals surface area contributed by atoms with Gasteiger partial charge in [-0.15, -0.1) is 0 Å². The number of aromatic nitrogens is 2. The van der Waals surface area contributed by atoms with Crippen molar-refractivity contribution in [1.29, 1.82) is 0 Å². The molecule has 8 heteroatoms. The molecule has 174 valence electrons. The van der Waals surface area contributed by atoms with Crippen LogP contribution in [0.1, 0.15) is 38.1 Å². The SMILES string of the molecule is CC(C)Oc1cccc(CNC(=O)C2CCN(Cc3nc(-c4ccccc4Cl)no3)CC2)c1. The van der Waals surface area contributed by atoms with Gasteiger partial charge in [0.1, 0.15) is 5.75 Å². The summed E-state index contributed by atoms with van der Waals surface area (Å²) >= 11 is 6.22. The molecule has 0 spiro atoms. The normalized spacial score (nSPS) is 15.0. The number of hydrogen-bond donors (Lipinski definition) is 1. The van der Waals surface area contributed by atoms with Crippen molar-refractivity contribution in [2.24, 2.45) is 5.92 Å². The highest BCUT2D eigenvalue weighted by Crippen LogP contribution is 2.26. The first-order chi connectivity index (χ1) is 16.0. The second-order valence-corrected chi connectivity index (χ2v) is 8.98. The number of carbonyl (C=O) groups excluding carboxylic acids is 1. The number of benzene rings is 2. The lowest BCUT2D eigenvalue weighted by molar-refractivity contribution is -0.126. The molecule has 1 amide bonds. The summed E-state index contributed by atoms with van der Waals surface area (Å²) in [5, 5.41) is 7.73. The minimum Gasteiger partial charge on any atom is -0.491 e. The third-order valence-corrected chi connectivity index (χ3v) is 5.97. The van der Waals surface area contributed by atoms with Crippen LogP contribution in [0, 0.1) is 5.92 Å². The van der Waals surface area contributed by atoms with Crippen molar-refractivity contribution in [3.8, 4) is 17.1 Å². The molecular formula is C25H29ClN4O3. The fraction of sp³-hybridized carbons (Fsp3) is 0.400. The number of carbonyl (C=O) groups is 1. The Morgan fingerprint density at radius 2 is 2.00 bits per heavy atom. The second kappa shape index (κ2) is 10.8. The minimum absolute atomic E-state index is 0.0118. The van der Waals surface area contributed by atoms with Crippen LogP contribution in [0.15, 0.2) is 53.1 Å². The summed E-state index contributed by atoms with van der Waals surface area (Å²) in [6, 6.07) is 15.3. The Kier molecular flexibility index (Phi) is 7.62. The van der Waals surface area contributed by atoms with Crippen LogP contribution < -0.4 is 10.1 Å². The van der Waals surface area contributed by atoms with Crippen LogP contribution in [0.2, 0.25) is 5.02 Å². The van der Waals surface area contributed by atoms with Crippen molar-refractivity contribution in [2.75, 3.05) is 13.1 Å². The average Bonchev–Trinajstić information content (AvgIpc) is 3.26. The Morgan fingerprint density at radius 3 is 2.76 bits per heavy atom. The highest BCUT2D eigenvalue weighted by Gasteiger charge is 2.26. The zero-order valence-corrected chi connectivity index (χ0v) is 19.7. The Hall–Kier alpha value is -2.90. The minimum atomic E-state index is 0.0118. The Balaban J connectivity index is 1.24. The standard InChI is InChI=1S/C25H29ClN4O3/c1-17(2)32-20-7-5-6-18(14-20)15-27-25(31)19-10-12-30(13-11-19)16-23-28-24(29-33-23)21-8-3-4-9-22(21)26/h3-9,14,17,19H,10-13,15-16H2,1-2H3,(H,27,31). The van der Waals surface area contributed by atoms with Crippen LogP contribution in [0.5, 0.6) is 5.75 Å². The van der Waals surface area contributed by atoms with Crippen molar-refractivity contribution < 1.29 is 14.1 Å². The molecule has 0 aliphatic carbocycles. The molecular weight excluding hydrogens is 440 g/mol. The van der Waals surface area contributed by atoms with Crippen LogP contribution in [0.4, 0.5) is 0 Å². The van der Waals surface area contributed by atoms with Gasteiger partial charge in [-0.25, -0.2) is 0 Å². The Morgan fingerprint density at radius 1 is 1.21 bits per heavy atom. The van der Waals surface area contributed by atoms with Gasteiger partial charge in [-0.2, -0.15) is 4.98 Å². The smallest absolute Gasteiger partial charge is 0.241 e. The number of halogens is 1. The van der Waals surface area contributed by atoms with Crippen LogP contribution in [-0.4, -0.2) is 40.1 Å². The summed E-state index contributed by atoms with van der Waals surface area (Å²) in [4.78, 5) is 19.4. The molecule has 1 fully saturated rings. The number of nitrogens with one attached hydrogen (secondary N) is 1. The number of ether oxygens (including phenoxy) is 1. The first-order valence-corrected chi connectivity index (χ1v) is 11.7. The molecule has 1 aromatic heterocycles. The van der Waals surface area contributed by atoms with Crippen LogP contribution in [0.25, 0.3) is 11.4 Å². The van der Waals surface area contributed by atoms with Gasteiger partial charge in [0.2, 0.25) is 17.6 Å². The van der Waals surface area contributed by atoms with Crippen LogP contribution in [-0.2, 0) is 17.9 Å². The Bertz CT molecular complexity index is 1080. The number of piperidine rings is 1. The van der Waals surface area contributed by atoms with Gasteiger partial charge in [-0.3, -0.25) is 9.69 Å². The van der Waals surface area contributed by atoms with Gasteiger partial charge >= 0.3 is 0 Å². The van der Waals surface area contributed by atoms with E-state index in [1.54, 1.807) is 6.07 Å². The first-order valence-electron chi connectivity index (χ1n) is 11.3. The van der Waals surface area contributed by atoms with Gasteiger partial charge in [0, 0.05) is 18.0 Å². The van der Waals surface area contributed by atoms with E-state index in [2.05, 4.69) is 20.4 Å². The third kappa shape index (κ3) is 6.33. The summed E-state index contributed by atoms with van der Waals surface area (Å²) < 4.78 is 11.2. The molecule has 1 aliphatic heterocycles. The quantitative estimate of drug-likeness (QED) is 0.516. The van der Waals surface area contributed by atoms with E-state index in [1.807, 2.05) is 56.3 Å². The molecule has 33 heavy (non-hydrogen) atoms. The average molecular weight is 469 g/mol. The van der Waals surface area contributed by atoms with Gasteiger partial charge in [0.25, 0.3) is 0 Å². The summed E-state index contributed by atoms with van der Waals surface area (Å²) in [6.07, 6.45) is 1.72. The monoisotopic (exact) mass is 468 g/mol. The van der Waals surface area contributed by atoms with Gasteiger partial charge in [-0.1, -0.05) is 41.0 Å². The van der Waals surface area contributed by atoms with E-state index in [4.69, 9.17) is 20.9 Å². The molecule has 0 unspecified atom stereocenters. The molecule has 2 aromatic carbocycles. The van der Waals surface area contributed by atoms with E-state index in [1.165, 1.54) is 0 Å². The fourth-order valence-corrected chi connectivity index (χ4v) is 4.17. The lowest BCUT2D eigenvalue weighted by atomic mass is 9.96. The third-order valence-electron chi connectivity index (χ3n) is 5.64. The highest BCUT2D eigenvalue weighted by molar-refractivity contribution is 6.33. The highest BCUT2D eigenvalue weighted by atomic mass is 35.5. The van der Waals surface area contributed by atoms with Crippen molar-refractivity contribution >= 4 is 17.5 Å². The molecule has 1 aliphatic rings. The van der Waals surface area contributed by atoms with E-state index >= 15 is 0 Å². The molecule has 4 rings (SSSR count). The van der Waals surface area contributed by atoms with E-state index in [-0.39, 0.29) is 17.9 Å². The summed E-state index contributed by atoms with van der Waals surface area (Å²) in [5.74, 6) is 1.98. The summed E-state index contributed by atoms with van der Waals surface area (Å²) in [6.45, 7) is 6.67. The molecule has 7 nitrogen and oxygen atoms in total. The zero-order valence-electron chi connectivity index (χ0n) is 19.0. The van der Waals surface area contributed by atoms with Gasteiger partial charge < -0.3 is 14.6 Å². The number of amides is 1. The largest absolute Gasteiger partial charge is 0.491 e. The number of rotatable bonds is 8. The second-order valence-electron chi connectivity index (χ2n) is 8.57. The molecule has 0 radical (unpaired) electrons. The lowest BCUT2D eigenvalue weighted by Gasteiger charge is -2.30. The van der Waals surface area contributed by atoms with E-state index in [0.717, 1.165) is 42.8 Å². The van der Waals surface area contributed by atoms with Gasteiger partial charge in [0.15, 0.2) is 0 Å². The fourth-order valence-electron chi connectivity index (χ4n) is 3.95. The number of hydrogen-bond acceptors (Lipinski definition) is 6. The predicted octanol–water partition coefficient (Wildman–Crippen LogP) is 4.71. The van der Waals surface area contributed by atoms with E-state index in [0.29, 0.717) is 29.8 Å². The molecule has 0 bridgehead atoms. The molecule has 1 N–H and O–H groups in total. The lowest BCUT2D eigenvalue weighted by Crippen LogP contribution is -2.40. The van der Waals surface area contributed by atoms with Crippen LogP contribution in [0.3, 0.4) is 0 Å². The number of nitrogens with zero attached hydrogens (tertiary/aromatic N) is 3. The molecule has 0 saturated carbocycles. The summed E-state index contributed by atoms with van der Waals surface area (Å²) in [5.41, 5.74) is 1.79. The molecule has 1 saturated heterocycles. The molecule has 2 heterocycles. The predicted molar refractivity (Wildman–Crippen MR) is 127 cm³/mol. The molecule has 0 atom stereocenters. The van der Waals surface area contributed by atoms with Crippen molar-refractivity contribution in [3.63, 3.8) is 0 Å². The maximum Gasteiger partial charge on any atom is 0.241 e.